The second-order valence-electron chi connectivity index (χ2n) is 5.69. The molecule has 0 saturated heterocycles. The van der Waals surface area contributed by atoms with E-state index >= 15 is 0 Å². The van der Waals surface area contributed by atoms with Gasteiger partial charge in [-0.15, -0.1) is 0 Å². The summed E-state index contributed by atoms with van der Waals surface area (Å²) in [4.78, 5) is 11.9. The van der Waals surface area contributed by atoms with Crippen LogP contribution in [0.1, 0.15) is 26.7 Å². The van der Waals surface area contributed by atoms with Crippen LogP contribution in [0.5, 0.6) is 5.75 Å². The number of nitrogens with one attached hydrogen (secondary N) is 2. The zero-order chi connectivity index (χ0) is 16.5. The van der Waals surface area contributed by atoms with Crippen molar-refractivity contribution in [3.8, 4) is 5.75 Å². The van der Waals surface area contributed by atoms with Gasteiger partial charge in [0, 0.05) is 19.2 Å². The summed E-state index contributed by atoms with van der Waals surface area (Å²) in [7, 11) is 1.45. The summed E-state index contributed by atoms with van der Waals surface area (Å²) in [6.45, 7) is 4.75. The Balaban J connectivity index is 2.56. The van der Waals surface area contributed by atoms with E-state index in [0.29, 0.717) is 24.6 Å². The molecule has 0 aliphatic carbocycles. The highest BCUT2D eigenvalue weighted by Crippen LogP contribution is 2.24. The summed E-state index contributed by atoms with van der Waals surface area (Å²) in [5.74, 6) is 0.648. The number of anilines is 1. The van der Waals surface area contributed by atoms with Crippen molar-refractivity contribution in [3.05, 3.63) is 24.0 Å². The van der Waals surface area contributed by atoms with Gasteiger partial charge >= 0.3 is 6.03 Å². The van der Waals surface area contributed by atoms with Crippen molar-refractivity contribution in [2.75, 3.05) is 25.6 Å². The van der Waals surface area contributed by atoms with Gasteiger partial charge in [0.1, 0.15) is 11.6 Å². The first kappa shape index (κ1) is 18.2. The largest absolute Gasteiger partial charge is 0.495 e. The highest BCUT2D eigenvalue weighted by Gasteiger charge is 2.13. The van der Waals surface area contributed by atoms with Crippen LogP contribution in [-0.4, -0.2) is 31.4 Å². The predicted molar refractivity (Wildman–Crippen MR) is 84.6 cm³/mol. The molecule has 0 aliphatic heterocycles. The number of hydrogen-bond donors (Lipinski definition) is 3. The second-order valence-corrected chi connectivity index (χ2v) is 5.69. The van der Waals surface area contributed by atoms with Crippen LogP contribution < -0.4 is 15.4 Å². The maximum absolute atomic E-state index is 13.2. The molecule has 0 bridgehead atoms. The Labute approximate surface area is 130 Å². The van der Waals surface area contributed by atoms with E-state index in [9.17, 15) is 9.18 Å². The Morgan fingerprint density at radius 2 is 2.14 bits per heavy atom. The first-order chi connectivity index (χ1) is 10.5. The van der Waals surface area contributed by atoms with E-state index in [-0.39, 0.29) is 18.2 Å². The topological polar surface area (TPSA) is 70.6 Å². The molecule has 0 fully saturated rings. The van der Waals surface area contributed by atoms with Crippen LogP contribution in [-0.2, 0) is 0 Å². The molecule has 1 atom stereocenters. The van der Waals surface area contributed by atoms with Gasteiger partial charge in [0.2, 0.25) is 0 Å². The quantitative estimate of drug-likeness (QED) is 0.691. The predicted octanol–water partition coefficient (Wildman–Crippen LogP) is 3.00. The number of ether oxygens (including phenoxy) is 1. The lowest BCUT2D eigenvalue weighted by Gasteiger charge is -2.19. The Morgan fingerprint density at radius 3 is 2.73 bits per heavy atom. The maximum Gasteiger partial charge on any atom is 0.319 e. The second kappa shape index (κ2) is 9.25. The zero-order valence-electron chi connectivity index (χ0n) is 13.4. The van der Waals surface area contributed by atoms with Crippen molar-refractivity contribution in [3.63, 3.8) is 0 Å². The minimum atomic E-state index is -0.450. The van der Waals surface area contributed by atoms with Gasteiger partial charge in [-0.2, -0.15) is 0 Å². The third-order valence-electron chi connectivity index (χ3n) is 3.30. The van der Waals surface area contributed by atoms with Crippen molar-refractivity contribution in [1.29, 1.82) is 0 Å². The number of aliphatic hydroxyl groups excluding tert-OH is 1. The van der Waals surface area contributed by atoms with Crippen LogP contribution in [0.3, 0.4) is 0 Å². The summed E-state index contributed by atoms with van der Waals surface area (Å²) in [5, 5.41) is 14.4. The number of carbonyl (C=O) groups excluding carboxylic acids is 1. The molecule has 1 rings (SSSR count). The monoisotopic (exact) mass is 312 g/mol. The molecule has 0 spiro atoms. The van der Waals surface area contributed by atoms with Gasteiger partial charge < -0.3 is 20.5 Å². The number of aliphatic hydroxyl groups is 1. The lowest BCUT2D eigenvalue weighted by atomic mass is 9.94. The SMILES string of the molecule is COc1ccc(F)cc1NC(=O)NCC(CCO)CC(C)C. The third kappa shape index (κ3) is 6.30. The third-order valence-corrected chi connectivity index (χ3v) is 3.30. The van der Waals surface area contributed by atoms with E-state index in [4.69, 9.17) is 9.84 Å². The lowest BCUT2D eigenvalue weighted by Crippen LogP contribution is -2.34. The Bertz CT molecular complexity index is 480. The number of rotatable bonds is 8. The van der Waals surface area contributed by atoms with Crippen LogP contribution in [0.2, 0.25) is 0 Å². The van der Waals surface area contributed by atoms with Crippen LogP contribution in [0.15, 0.2) is 18.2 Å². The van der Waals surface area contributed by atoms with Gasteiger partial charge in [0.25, 0.3) is 0 Å². The molecule has 5 nitrogen and oxygen atoms in total. The molecule has 0 heterocycles. The molecular formula is C16H25FN2O3. The Kier molecular flexibility index (Phi) is 7.66. The Hall–Kier alpha value is -1.82. The molecule has 0 aliphatic rings. The number of hydrogen-bond acceptors (Lipinski definition) is 3. The number of carbonyl (C=O) groups is 1. The van der Waals surface area contributed by atoms with E-state index < -0.39 is 11.8 Å². The van der Waals surface area contributed by atoms with Crippen LogP contribution in [0.4, 0.5) is 14.9 Å². The van der Waals surface area contributed by atoms with Crippen LogP contribution in [0.25, 0.3) is 0 Å². The van der Waals surface area contributed by atoms with Crippen molar-refractivity contribution in [2.45, 2.75) is 26.7 Å². The average molecular weight is 312 g/mol. The standard InChI is InChI=1S/C16H25FN2O3/c1-11(2)8-12(6-7-20)10-18-16(21)19-14-9-13(17)4-5-15(14)22-3/h4-5,9,11-12,20H,6-8,10H2,1-3H3,(H2,18,19,21). The summed E-state index contributed by atoms with van der Waals surface area (Å²) in [5.41, 5.74) is 0.280. The zero-order valence-corrected chi connectivity index (χ0v) is 13.4. The summed E-state index contributed by atoms with van der Waals surface area (Å²) < 4.78 is 18.3. The number of halogens is 1. The number of urea groups is 1. The van der Waals surface area contributed by atoms with Crippen molar-refractivity contribution < 1.29 is 19.0 Å². The van der Waals surface area contributed by atoms with E-state index in [2.05, 4.69) is 24.5 Å². The van der Waals surface area contributed by atoms with E-state index in [0.717, 1.165) is 6.42 Å². The van der Waals surface area contributed by atoms with Crippen LogP contribution in [0, 0.1) is 17.7 Å². The first-order valence-electron chi connectivity index (χ1n) is 7.45. The first-order valence-corrected chi connectivity index (χ1v) is 7.45. The molecule has 6 heteroatoms. The summed E-state index contributed by atoms with van der Waals surface area (Å²) in [6, 6.07) is 3.51. The molecule has 22 heavy (non-hydrogen) atoms. The van der Waals surface area contributed by atoms with Gasteiger partial charge in [-0.3, -0.25) is 0 Å². The lowest BCUT2D eigenvalue weighted by molar-refractivity contribution is 0.231. The van der Waals surface area contributed by atoms with Gasteiger partial charge in [0.15, 0.2) is 0 Å². The molecule has 1 aromatic rings. The fourth-order valence-electron chi connectivity index (χ4n) is 2.33. The normalized spacial score (nSPS) is 12.1. The molecular weight excluding hydrogens is 287 g/mol. The number of methoxy groups -OCH3 is 1. The molecule has 1 unspecified atom stereocenters. The average Bonchev–Trinajstić information content (AvgIpc) is 2.45. The summed E-state index contributed by atoms with van der Waals surface area (Å²) >= 11 is 0. The van der Waals surface area contributed by atoms with E-state index in [1.807, 2.05) is 0 Å². The highest BCUT2D eigenvalue weighted by molar-refractivity contribution is 5.90. The van der Waals surface area contributed by atoms with Crippen LogP contribution >= 0.6 is 0 Å². The molecule has 2 amide bonds. The number of amides is 2. The molecule has 3 N–H and O–H groups in total. The van der Waals surface area contributed by atoms with E-state index in [1.54, 1.807) is 0 Å². The Morgan fingerprint density at radius 1 is 1.41 bits per heavy atom. The highest BCUT2D eigenvalue weighted by atomic mass is 19.1. The van der Waals surface area contributed by atoms with Gasteiger partial charge in [-0.05, 0) is 36.8 Å². The minimum Gasteiger partial charge on any atom is -0.495 e. The van der Waals surface area contributed by atoms with Gasteiger partial charge in [0.05, 0.1) is 12.8 Å². The fraction of sp³-hybridized carbons (Fsp3) is 0.562. The van der Waals surface area contributed by atoms with Gasteiger partial charge in [-0.25, -0.2) is 9.18 Å². The molecule has 124 valence electrons. The fourth-order valence-corrected chi connectivity index (χ4v) is 2.33. The molecule has 0 radical (unpaired) electrons. The molecule has 0 aromatic heterocycles. The number of benzene rings is 1. The van der Waals surface area contributed by atoms with E-state index in [1.165, 1.54) is 25.3 Å². The smallest absolute Gasteiger partial charge is 0.319 e. The van der Waals surface area contributed by atoms with Gasteiger partial charge in [-0.1, -0.05) is 13.8 Å². The maximum atomic E-state index is 13.2. The molecule has 1 aromatic carbocycles. The summed E-state index contributed by atoms with van der Waals surface area (Å²) in [6.07, 6.45) is 1.56. The van der Waals surface area contributed by atoms with Crippen molar-refractivity contribution in [2.24, 2.45) is 11.8 Å². The van der Waals surface area contributed by atoms with Crippen molar-refractivity contribution in [1.82, 2.24) is 5.32 Å². The van der Waals surface area contributed by atoms with Crippen molar-refractivity contribution >= 4 is 11.7 Å². The molecule has 0 saturated carbocycles. The minimum absolute atomic E-state index is 0.0956.